The molecule has 28 heavy (non-hydrogen) atoms. The van der Waals surface area contributed by atoms with Crippen LogP contribution >= 0.6 is 11.3 Å². The Hall–Kier alpha value is -3.26. The maximum Gasteiger partial charge on any atom is 0.250 e. The Morgan fingerprint density at radius 1 is 1.07 bits per heavy atom. The average molecular weight is 402 g/mol. The molecule has 1 aromatic heterocycles. The van der Waals surface area contributed by atoms with Crippen LogP contribution in [0, 0.1) is 11.6 Å². The fourth-order valence-corrected chi connectivity index (χ4v) is 3.12. The first-order chi connectivity index (χ1) is 13.5. The minimum Gasteiger partial charge on any atom is -0.494 e. The predicted molar refractivity (Wildman–Crippen MR) is 105 cm³/mol. The highest BCUT2D eigenvalue weighted by Crippen LogP contribution is 2.28. The highest BCUT2D eigenvalue weighted by Gasteiger charge is 2.10. The summed E-state index contributed by atoms with van der Waals surface area (Å²) in [6.07, 6.45) is 2.75. The molecule has 0 bridgehead atoms. The quantitative estimate of drug-likeness (QED) is 0.604. The number of hydrogen-bond acceptors (Lipinski definition) is 5. The van der Waals surface area contributed by atoms with Gasteiger partial charge in [-0.1, -0.05) is 6.07 Å². The van der Waals surface area contributed by atoms with Crippen LogP contribution in [0.25, 0.3) is 17.3 Å². The lowest BCUT2D eigenvalue weighted by atomic mass is 10.1. The van der Waals surface area contributed by atoms with E-state index in [1.165, 1.54) is 62.0 Å². The Bertz CT molecular complexity index is 1030. The van der Waals surface area contributed by atoms with E-state index in [-0.39, 0.29) is 11.5 Å². The number of halogens is 2. The van der Waals surface area contributed by atoms with Gasteiger partial charge in [-0.15, -0.1) is 11.3 Å². The van der Waals surface area contributed by atoms with Crippen LogP contribution in [0.4, 0.5) is 13.9 Å². The van der Waals surface area contributed by atoms with Gasteiger partial charge in [-0.3, -0.25) is 10.1 Å². The third kappa shape index (κ3) is 4.52. The molecule has 0 radical (unpaired) electrons. The van der Waals surface area contributed by atoms with Crippen LogP contribution in [-0.4, -0.2) is 25.1 Å². The molecular weight excluding hydrogens is 386 g/mol. The fraction of sp³-hybridized carbons (Fsp3) is 0.100. The first kappa shape index (κ1) is 19.5. The summed E-state index contributed by atoms with van der Waals surface area (Å²) in [5, 5.41) is 4.69. The van der Waals surface area contributed by atoms with Gasteiger partial charge in [0.05, 0.1) is 19.9 Å². The van der Waals surface area contributed by atoms with Crippen LogP contribution in [0.5, 0.6) is 11.5 Å². The molecule has 0 fully saturated rings. The summed E-state index contributed by atoms with van der Waals surface area (Å²) in [5.41, 5.74) is 1.62. The summed E-state index contributed by atoms with van der Waals surface area (Å²) in [6, 6.07) is 8.89. The molecule has 0 aliphatic carbocycles. The summed E-state index contributed by atoms with van der Waals surface area (Å²) in [5.74, 6) is -1.15. The van der Waals surface area contributed by atoms with Gasteiger partial charge in [-0.2, -0.15) is 0 Å². The Balaban J connectivity index is 1.67. The third-order valence-electron chi connectivity index (χ3n) is 3.78. The van der Waals surface area contributed by atoms with Crippen LogP contribution in [0.1, 0.15) is 5.56 Å². The van der Waals surface area contributed by atoms with Gasteiger partial charge in [0.25, 0.3) is 0 Å². The van der Waals surface area contributed by atoms with Crippen LogP contribution in [0.2, 0.25) is 0 Å². The molecule has 1 amide bonds. The molecule has 5 nitrogen and oxygen atoms in total. The van der Waals surface area contributed by atoms with Crippen molar-refractivity contribution < 1.29 is 23.0 Å². The maximum absolute atomic E-state index is 13.8. The number of carbonyl (C=O) groups excluding carboxylic acids is 1. The molecule has 0 saturated heterocycles. The topological polar surface area (TPSA) is 60.5 Å². The molecule has 3 aromatic rings. The third-order valence-corrected chi connectivity index (χ3v) is 4.54. The van der Waals surface area contributed by atoms with Crippen molar-refractivity contribution in [3.8, 4) is 22.8 Å². The summed E-state index contributed by atoms with van der Waals surface area (Å²) in [4.78, 5) is 16.3. The second kappa shape index (κ2) is 8.62. The standard InChI is InChI=1S/C20H16F2N2O3S/c1-26-17-6-3-12(9-14(17)21)4-8-19(25)24-20-23-16(11-28-20)13-5-7-18(27-2)15(22)10-13/h3-11H,1-2H3,(H,23,24,25)/b8-4+. The van der Waals surface area contributed by atoms with Gasteiger partial charge in [0, 0.05) is 17.0 Å². The second-order valence-electron chi connectivity index (χ2n) is 5.60. The molecule has 0 aliphatic rings. The number of hydrogen-bond donors (Lipinski definition) is 1. The molecule has 0 spiro atoms. The highest BCUT2D eigenvalue weighted by molar-refractivity contribution is 7.14. The van der Waals surface area contributed by atoms with Gasteiger partial charge < -0.3 is 9.47 Å². The van der Waals surface area contributed by atoms with Crippen molar-refractivity contribution in [3.05, 3.63) is 65.1 Å². The van der Waals surface area contributed by atoms with E-state index in [2.05, 4.69) is 10.3 Å². The number of aromatic nitrogens is 1. The van der Waals surface area contributed by atoms with Crippen molar-refractivity contribution in [2.24, 2.45) is 0 Å². The molecule has 3 rings (SSSR count). The van der Waals surface area contributed by atoms with Gasteiger partial charge in [-0.05, 0) is 42.0 Å². The molecule has 0 atom stereocenters. The zero-order valence-corrected chi connectivity index (χ0v) is 15.8. The smallest absolute Gasteiger partial charge is 0.250 e. The molecule has 8 heteroatoms. The van der Waals surface area contributed by atoms with Gasteiger partial charge in [0.1, 0.15) is 0 Å². The summed E-state index contributed by atoms with van der Waals surface area (Å²) >= 11 is 1.21. The number of rotatable bonds is 6. The second-order valence-corrected chi connectivity index (χ2v) is 6.46. The van der Waals surface area contributed by atoms with Crippen molar-refractivity contribution in [2.45, 2.75) is 0 Å². The van der Waals surface area contributed by atoms with Crippen LogP contribution in [0.3, 0.4) is 0 Å². The van der Waals surface area contributed by atoms with Crippen molar-refractivity contribution in [1.29, 1.82) is 0 Å². The van der Waals surface area contributed by atoms with Crippen molar-refractivity contribution in [2.75, 3.05) is 19.5 Å². The first-order valence-corrected chi connectivity index (χ1v) is 9.00. The van der Waals surface area contributed by atoms with Crippen LogP contribution < -0.4 is 14.8 Å². The van der Waals surface area contributed by atoms with E-state index in [0.717, 1.165) is 0 Å². The molecule has 144 valence electrons. The number of anilines is 1. The number of benzene rings is 2. The zero-order valence-electron chi connectivity index (χ0n) is 15.0. The van der Waals surface area contributed by atoms with Crippen molar-refractivity contribution in [1.82, 2.24) is 4.98 Å². The fourth-order valence-electron chi connectivity index (χ4n) is 2.39. The van der Waals surface area contributed by atoms with Crippen molar-refractivity contribution in [3.63, 3.8) is 0 Å². The number of thiazole rings is 1. The summed E-state index contributed by atoms with van der Waals surface area (Å²) in [7, 11) is 2.77. The Labute approximate surface area is 164 Å². The number of carbonyl (C=O) groups is 1. The average Bonchev–Trinajstić information content (AvgIpc) is 3.15. The van der Waals surface area contributed by atoms with Gasteiger partial charge >= 0.3 is 0 Å². The molecule has 0 aliphatic heterocycles. The Kier molecular flexibility index (Phi) is 6.00. The molecule has 2 aromatic carbocycles. The number of amides is 1. The largest absolute Gasteiger partial charge is 0.494 e. The first-order valence-electron chi connectivity index (χ1n) is 8.12. The Morgan fingerprint density at radius 2 is 1.75 bits per heavy atom. The predicted octanol–water partition coefficient (Wildman–Crippen LogP) is 4.76. The lowest BCUT2D eigenvalue weighted by Crippen LogP contribution is -2.07. The molecule has 1 heterocycles. The van der Waals surface area contributed by atoms with E-state index in [1.54, 1.807) is 17.5 Å². The summed E-state index contributed by atoms with van der Waals surface area (Å²) < 4.78 is 37.2. The number of nitrogens with zero attached hydrogens (tertiary/aromatic N) is 1. The van der Waals surface area contributed by atoms with E-state index in [4.69, 9.17) is 9.47 Å². The van der Waals surface area contributed by atoms with E-state index in [1.807, 2.05) is 0 Å². The lowest BCUT2D eigenvalue weighted by molar-refractivity contribution is -0.111. The van der Waals surface area contributed by atoms with E-state index in [0.29, 0.717) is 22.0 Å². The number of ether oxygens (including phenoxy) is 2. The minimum absolute atomic E-state index is 0.131. The van der Waals surface area contributed by atoms with Crippen molar-refractivity contribution >= 4 is 28.5 Å². The van der Waals surface area contributed by atoms with Gasteiger partial charge in [-0.25, -0.2) is 13.8 Å². The van der Waals surface area contributed by atoms with Gasteiger partial charge in [0.2, 0.25) is 5.91 Å². The van der Waals surface area contributed by atoms with E-state index in [9.17, 15) is 13.6 Å². The van der Waals surface area contributed by atoms with E-state index < -0.39 is 17.5 Å². The molecule has 0 saturated carbocycles. The van der Waals surface area contributed by atoms with Gasteiger partial charge in [0.15, 0.2) is 28.3 Å². The number of methoxy groups -OCH3 is 2. The Morgan fingerprint density at radius 3 is 2.39 bits per heavy atom. The molecule has 0 unspecified atom stereocenters. The van der Waals surface area contributed by atoms with Crippen LogP contribution in [-0.2, 0) is 4.79 Å². The highest BCUT2D eigenvalue weighted by atomic mass is 32.1. The normalized spacial score (nSPS) is 10.9. The molecule has 1 N–H and O–H groups in total. The maximum atomic E-state index is 13.8. The minimum atomic E-state index is -0.513. The van der Waals surface area contributed by atoms with Crippen LogP contribution in [0.15, 0.2) is 47.9 Å². The zero-order chi connectivity index (χ0) is 20.1. The summed E-state index contributed by atoms with van der Waals surface area (Å²) in [6.45, 7) is 0. The SMILES string of the molecule is COc1ccc(/C=C/C(=O)Nc2nc(-c3ccc(OC)c(F)c3)cs2)cc1F. The lowest BCUT2D eigenvalue weighted by Gasteiger charge is -2.03. The van der Waals surface area contributed by atoms with E-state index >= 15 is 0 Å². The monoisotopic (exact) mass is 402 g/mol. The molecular formula is C20H16F2N2O3S. The number of nitrogens with one attached hydrogen (secondary N) is 1.